The molecule has 0 spiro atoms. The van der Waals surface area contributed by atoms with Crippen molar-refractivity contribution in [3.05, 3.63) is 17.3 Å². The van der Waals surface area contributed by atoms with Gasteiger partial charge in [-0.25, -0.2) is 9.97 Å². The number of aromatic nitrogens is 2. The Kier molecular flexibility index (Phi) is 6.73. The summed E-state index contributed by atoms with van der Waals surface area (Å²) >= 11 is 1.65. The van der Waals surface area contributed by atoms with Crippen molar-refractivity contribution >= 4 is 33.3 Å². The van der Waals surface area contributed by atoms with E-state index in [1.807, 2.05) is 0 Å². The zero-order valence-electron chi connectivity index (χ0n) is 14.1. The highest BCUT2D eigenvalue weighted by Crippen LogP contribution is 2.27. The molecule has 2 aromatic rings. The SMILES string of the molecule is Cc1cc2c(NCCC(=O)NCCCCN(C)C)ncnc2s1. The number of hydrogen-bond donors (Lipinski definition) is 2. The third-order valence-corrected chi connectivity index (χ3v) is 4.41. The van der Waals surface area contributed by atoms with Crippen molar-refractivity contribution in [2.45, 2.75) is 26.2 Å². The van der Waals surface area contributed by atoms with Gasteiger partial charge in [-0.05, 0) is 46.5 Å². The van der Waals surface area contributed by atoms with Crippen LogP contribution in [0.25, 0.3) is 10.2 Å². The van der Waals surface area contributed by atoms with Crippen molar-refractivity contribution in [2.75, 3.05) is 39.0 Å². The average Bonchev–Trinajstić information content (AvgIpc) is 2.87. The van der Waals surface area contributed by atoms with Crippen LogP contribution in [0.5, 0.6) is 0 Å². The van der Waals surface area contributed by atoms with E-state index >= 15 is 0 Å². The number of nitrogens with one attached hydrogen (secondary N) is 2. The van der Waals surface area contributed by atoms with Crippen LogP contribution in [0.2, 0.25) is 0 Å². The fraction of sp³-hybridized carbons (Fsp3) is 0.562. The van der Waals surface area contributed by atoms with Gasteiger partial charge >= 0.3 is 0 Å². The van der Waals surface area contributed by atoms with E-state index in [2.05, 4.69) is 52.6 Å². The molecular formula is C16H25N5OS. The Labute approximate surface area is 141 Å². The van der Waals surface area contributed by atoms with Crippen molar-refractivity contribution in [2.24, 2.45) is 0 Å². The van der Waals surface area contributed by atoms with Crippen molar-refractivity contribution in [3.8, 4) is 0 Å². The second-order valence-corrected chi connectivity index (χ2v) is 7.07. The summed E-state index contributed by atoms with van der Waals surface area (Å²) in [6.07, 6.45) is 4.12. The number of thiophene rings is 1. The van der Waals surface area contributed by atoms with Gasteiger partial charge in [-0.15, -0.1) is 11.3 Å². The second-order valence-electron chi connectivity index (χ2n) is 5.84. The largest absolute Gasteiger partial charge is 0.369 e. The van der Waals surface area contributed by atoms with Gasteiger partial charge in [0, 0.05) is 24.4 Å². The summed E-state index contributed by atoms with van der Waals surface area (Å²) in [5.74, 6) is 0.882. The van der Waals surface area contributed by atoms with E-state index in [1.165, 1.54) is 4.88 Å². The Morgan fingerprint density at radius 2 is 2.09 bits per heavy atom. The maximum atomic E-state index is 11.8. The zero-order chi connectivity index (χ0) is 16.7. The van der Waals surface area contributed by atoms with Crippen LogP contribution in [0.1, 0.15) is 24.1 Å². The van der Waals surface area contributed by atoms with E-state index < -0.39 is 0 Å². The zero-order valence-corrected chi connectivity index (χ0v) is 14.9. The standard InChI is InChI=1S/C16H25N5OS/c1-12-10-13-15(19-11-20-16(13)23-12)18-8-6-14(22)17-7-4-5-9-21(2)3/h10-11H,4-9H2,1-3H3,(H,17,22)(H,18,19,20). The van der Waals surface area contributed by atoms with Crippen molar-refractivity contribution in [1.82, 2.24) is 20.2 Å². The minimum atomic E-state index is 0.0779. The molecule has 0 aliphatic rings. The van der Waals surface area contributed by atoms with Crippen LogP contribution < -0.4 is 10.6 Å². The highest BCUT2D eigenvalue weighted by molar-refractivity contribution is 7.18. The molecule has 0 radical (unpaired) electrons. The number of hydrogen-bond acceptors (Lipinski definition) is 6. The molecule has 2 aromatic heterocycles. The van der Waals surface area contributed by atoms with Crippen molar-refractivity contribution in [3.63, 3.8) is 0 Å². The van der Waals surface area contributed by atoms with Crippen molar-refractivity contribution in [1.29, 1.82) is 0 Å². The van der Waals surface area contributed by atoms with Crippen molar-refractivity contribution < 1.29 is 4.79 Å². The molecule has 2 rings (SSSR count). The van der Waals surface area contributed by atoms with E-state index in [9.17, 15) is 4.79 Å². The first-order chi connectivity index (χ1) is 11.1. The molecule has 2 N–H and O–H groups in total. The van der Waals surface area contributed by atoms with Crippen LogP contribution in [0, 0.1) is 6.92 Å². The molecule has 0 atom stereocenters. The Hall–Kier alpha value is -1.73. The summed E-state index contributed by atoms with van der Waals surface area (Å²) in [4.78, 5) is 24.7. The number of carbonyl (C=O) groups is 1. The molecular weight excluding hydrogens is 310 g/mol. The molecule has 0 saturated heterocycles. The van der Waals surface area contributed by atoms with Gasteiger partial charge in [-0.3, -0.25) is 4.79 Å². The van der Waals surface area contributed by atoms with Gasteiger partial charge in [-0.1, -0.05) is 0 Å². The van der Waals surface area contributed by atoms with E-state index in [0.717, 1.165) is 42.0 Å². The van der Waals surface area contributed by atoms with Gasteiger partial charge < -0.3 is 15.5 Å². The molecule has 0 unspecified atom stereocenters. The van der Waals surface area contributed by atoms with Crippen LogP contribution in [0.15, 0.2) is 12.4 Å². The lowest BCUT2D eigenvalue weighted by molar-refractivity contribution is -0.120. The number of rotatable bonds is 9. The summed E-state index contributed by atoms with van der Waals surface area (Å²) in [7, 11) is 4.12. The molecule has 126 valence electrons. The molecule has 0 aliphatic heterocycles. The molecule has 23 heavy (non-hydrogen) atoms. The molecule has 0 saturated carbocycles. The lowest BCUT2D eigenvalue weighted by atomic mass is 10.3. The Balaban J connectivity index is 1.69. The summed E-state index contributed by atoms with van der Waals surface area (Å²) in [5.41, 5.74) is 0. The third kappa shape index (κ3) is 5.76. The van der Waals surface area contributed by atoms with Gasteiger partial charge in [0.05, 0.1) is 5.39 Å². The van der Waals surface area contributed by atoms with Gasteiger partial charge in [0.15, 0.2) is 0 Å². The number of aryl methyl sites for hydroxylation is 1. The fourth-order valence-electron chi connectivity index (χ4n) is 2.28. The van der Waals surface area contributed by atoms with Gasteiger partial charge in [0.2, 0.25) is 5.91 Å². The predicted octanol–water partition coefficient (Wildman–Crippen LogP) is 2.26. The Morgan fingerprint density at radius 1 is 1.26 bits per heavy atom. The first-order valence-electron chi connectivity index (χ1n) is 7.92. The Bertz CT molecular complexity index is 640. The fourth-order valence-corrected chi connectivity index (χ4v) is 3.13. The van der Waals surface area contributed by atoms with E-state index in [0.29, 0.717) is 13.0 Å². The van der Waals surface area contributed by atoms with Crippen LogP contribution in [-0.4, -0.2) is 54.5 Å². The number of amides is 1. The summed E-state index contributed by atoms with van der Waals surface area (Å²) in [6.45, 7) is 4.43. The number of fused-ring (bicyclic) bond motifs is 1. The number of carbonyl (C=O) groups excluding carboxylic acids is 1. The minimum absolute atomic E-state index is 0.0779. The molecule has 0 aromatic carbocycles. The minimum Gasteiger partial charge on any atom is -0.369 e. The molecule has 7 heteroatoms. The van der Waals surface area contributed by atoms with Crippen LogP contribution in [-0.2, 0) is 4.79 Å². The average molecular weight is 335 g/mol. The summed E-state index contributed by atoms with van der Waals surface area (Å²) in [5, 5.41) is 7.22. The number of unbranched alkanes of at least 4 members (excludes halogenated alkanes) is 1. The lowest BCUT2D eigenvalue weighted by Gasteiger charge is -2.10. The first kappa shape index (κ1) is 17.6. The first-order valence-corrected chi connectivity index (χ1v) is 8.74. The smallest absolute Gasteiger partial charge is 0.221 e. The second kappa shape index (κ2) is 8.79. The van der Waals surface area contributed by atoms with E-state index in [-0.39, 0.29) is 5.91 Å². The quantitative estimate of drug-likeness (QED) is 0.688. The summed E-state index contributed by atoms with van der Waals surface area (Å²) < 4.78 is 0. The summed E-state index contributed by atoms with van der Waals surface area (Å²) in [6, 6.07) is 2.08. The molecule has 2 heterocycles. The number of nitrogens with zero attached hydrogens (tertiary/aromatic N) is 3. The van der Waals surface area contributed by atoms with Gasteiger partial charge in [-0.2, -0.15) is 0 Å². The van der Waals surface area contributed by atoms with E-state index in [4.69, 9.17) is 0 Å². The topological polar surface area (TPSA) is 70.2 Å². The Morgan fingerprint density at radius 3 is 2.87 bits per heavy atom. The molecule has 0 aliphatic carbocycles. The molecule has 0 bridgehead atoms. The molecule has 1 amide bonds. The van der Waals surface area contributed by atoms with E-state index in [1.54, 1.807) is 17.7 Å². The maximum Gasteiger partial charge on any atom is 0.221 e. The molecule has 6 nitrogen and oxygen atoms in total. The number of anilines is 1. The highest BCUT2D eigenvalue weighted by Gasteiger charge is 2.07. The highest BCUT2D eigenvalue weighted by atomic mass is 32.1. The lowest BCUT2D eigenvalue weighted by Crippen LogP contribution is -2.27. The van der Waals surface area contributed by atoms with Crippen LogP contribution in [0.3, 0.4) is 0 Å². The monoisotopic (exact) mass is 335 g/mol. The third-order valence-electron chi connectivity index (χ3n) is 3.45. The van der Waals surface area contributed by atoms with Gasteiger partial charge in [0.1, 0.15) is 17.0 Å². The van der Waals surface area contributed by atoms with Gasteiger partial charge in [0.25, 0.3) is 0 Å². The maximum absolute atomic E-state index is 11.8. The van der Waals surface area contributed by atoms with Crippen LogP contribution >= 0.6 is 11.3 Å². The normalized spacial score (nSPS) is 11.1. The molecule has 0 fully saturated rings. The predicted molar refractivity (Wildman–Crippen MR) is 96.1 cm³/mol. The van der Waals surface area contributed by atoms with Crippen LogP contribution in [0.4, 0.5) is 5.82 Å².